The molecule has 2 unspecified atom stereocenters. The second-order valence-electron chi connectivity index (χ2n) is 4.31. The molecule has 0 aliphatic carbocycles. The van der Waals surface area contributed by atoms with Crippen molar-refractivity contribution in [3.05, 3.63) is 0 Å². The van der Waals surface area contributed by atoms with Gasteiger partial charge in [-0.2, -0.15) is 0 Å². The van der Waals surface area contributed by atoms with E-state index in [1.165, 1.54) is 6.42 Å². The fourth-order valence-electron chi connectivity index (χ4n) is 2.22. The van der Waals surface area contributed by atoms with Gasteiger partial charge in [-0.25, -0.2) is 0 Å². The lowest BCUT2D eigenvalue weighted by Crippen LogP contribution is -2.39. The summed E-state index contributed by atoms with van der Waals surface area (Å²) in [5, 5.41) is -0.217. The number of rotatable bonds is 3. The topological polar surface area (TPSA) is 20.3 Å². The van der Waals surface area contributed by atoms with Crippen molar-refractivity contribution in [3.63, 3.8) is 0 Å². The summed E-state index contributed by atoms with van der Waals surface area (Å²) in [5.74, 6) is 1.52. The van der Waals surface area contributed by atoms with E-state index in [1.807, 2.05) is 0 Å². The zero-order valence-corrected chi connectivity index (χ0v) is 9.18. The van der Waals surface area contributed by atoms with Gasteiger partial charge in [0.1, 0.15) is 0 Å². The average molecular weight is 204 g/mol. The van der Waals surface area contributed by atoms with Crippen LogP contribution in [-0.2, 0) is 4.79 Å². The predicted molar refractivity (Wildman–Crippen MR) is 54.9 cm³/mol. The number of hydrogen-bond donors (Lipinski definition) is 0. The lowest BCUT2D eigenvalue weighted by molar-refractivity contribution is -0.112. The van der Waals surface area contributed by atoms with Gasteiger partial charge in [-0.15, -0.1) is 0 Å². The Morgan fingerprint density at radius 3 is 2.38 bits per heavy atom. The zero-order chi connectivity index (χ0) is 9.84. The molecule has 0 saturated carbocycles. The minimum Gasteiger partial charge on any atom is -0.302 e. The Kier molecular flexibility index (Phi) is 4.20. The molecule has 0 radical (unpaired) electrons. The summed E-state index contributed by atoms with van der Waals surface area (Å²) in [6.45, 7) is 7.61. The molecule has 1 fully saturated rings. The molecule has 0 aromatic rings. The third kappa shape index (κ3) is 4.10. The summed E-state index contributed by atoms with van der Waals surface area (Å²) in [6, 6.07) is 0. The zero-order valence-electron chi connectivity index (χ0n) is 8.42. The summed E-state index contributed by atoms with van der Waals surface area (Å²) in [5.41, 5.74) is 0. The van der Waals surface area contributed by atoms with Crippen LogP contribution in [-0.4, -0.2) is 29.8 Å². The molecule has 13 heavy (non-hydrogen) atoms. The molecule has 0 N–H and O–H groups in total. The Labute approximate surface area is 85.2 Å². The van der Waals surface area contributed by atoms with Crippen LogP contribution in [0.25, 0.3) is 0 Å². The van der Waals surface area contributed by atoms with Crippen molar-refractivity contribution >= 4 is 16.8 Å². The summed E-state index contributed by atoms with van der Waals surface area (Å²) in [6.07, 6.45) is 1.80. The van der Waals surface area contributed by atoms with Gasteiger partial charge in [0.2, 0.25) is 5.24 Å². The third-order valence-corrected chi connectivity index (χ3v) is 2.76. The van der Waals surface area contributed by atoms with Gasteiger partial charge in [0.25, 0.3) is 0 Å². The van der Waals surface area contributed by atoms with Crippen molar-refractivity contribution < 1.29 is 4.79 Å². The molecule has 0 aromatic carbocycles. The van der Waals surface area contributed by atoms with E-state index in [-0.39, 0.29) is 5.24 Å². The Morgan fingerprint density at radius 2 is 1.92 bits per heavy atom. The number of nitrogens with zero attached hydrogens (tertiary/aromatic N) is 1. The van der Waals surface area contributed by atoms with E-state index in [0.717, 1.165) is 31.5 Å². The minimum absolute atomic E-state index is 0.217. The molecule has 76 valence electrons. The number of piperidine rings is 1. The molecular formula is C10H18ClNO. The number of hydrogen-bond acceptors (Lipinski definition) is 2. The highest BCUT2D eigenvalue weighted by molar-refractivity contribution is 6.63. The molecular weight excluding hydrogens is 186 g/mol. The van der Waals surface area contributed by atoms with Crippen LogP contribution in [0.3, 0.4) is 0 Å². The van der Waals surface area contributed by atoms with E-state index in [2.05, 4.69) is 18.7 Å². The largest absolute Gasteiger partial charge is 0.302 e. The standard InChI is InChI=1S/C10H18ClNO/c1-8-5-9(2)7-12(6-8)4-3-10(11)13/h8-9H,3-7H2,1-2H3. The molecule has 2 nitrogen and oxygen atoms in total. The van der Waals surface area contributed by atoms with Gasteiger partial charge < -0.3 is 4.90 Å². The molecule has 0 spiro atoms. The van der Waals surface area contributed by atoms with Gasteiger partial charge in [-0.1, -0.05) is 13.8 Å². The average Bonchev–Trinajstić information content (AvgIpc) is 1.99. The maximum Gasteiger partial charge on any atom is 0.222 e. The van der Waals surface area contributed by atoms with Crippen LogP contribution in [0.5, 0.6) is 0 Å². The molecule has 1 heterocycles. The highest BCUT2D eigenvalue weighted by Crippen LogP contribution is 2.20. The van der Waals surface area contributed by atoms with Crippen molar-refractivity contribution in [3.8, 4) is 0 Å². The Bertz CT molecular complexity index is 174. The van der Waals surface area contributed by atoms with E-state index in [0.29, 0.717) is 6.42 Å². The number of carbonyl (C=O) groups is 1. The summed E-state index contributed by atoms with van der Waals surface area (Å²) >= 11 is 5.30. The molecule has 1 aliphatic rings. The van der Waals surface area contributed by atoms with E-state index in [9.17, 15) is 4.79 Å². The molecule has 1 rings (SSSR count). The van der Waals surface area contributed by atoms with Gasteiger partial charge in [-0.3, -0.25) is 4.79 Å². The number of halogens is 1. The van der Waals surface area contributed by atoms with Crippen LogP contribution in [0.2, 0.25) is 0 Å². The van der Waals surface area contributed by atoms with E-state index >= 15 is 0 Å². The van der Waals surface area contributed by atoms with E-state index in [1.54, 1.807) is 0 Å². The van der Waals surface area contributed by atoms with E-state index < -0.39 is 0 Å². The van der Waals surface area contributed by atoms with Crippen LogP contribution in [0.4, 0.5) is 0 Å². The van der Waals surface area contributed by atoms with Gasteiger partial charge in [-0.05, 0) is 29.9 Å². The van der Waals surface area contributed by atoms with Crippen molar-refractivity contribution in [2.75, 3.05) is 19.6 Å². The molecule has 0 aromatic heterocycles. The van der Waals surface area contributed by atoms with Crippen LogP contribution in [0.15, 0.2) is 0 Å². The molecule has 0 bridgehead atoms. The Hall–Kier alpha value is -0.0800. The lowest BCUT2D eigenvalue weighted by Gasteiger charge is -2.34. The van der Waals surface area contributed by atoms with Crippen molar-refractivity contribution in [1.82, 2.24) is 4.90 Å². The van der Waals surface area contributed by atoms with Crippen LogP contribution >= 0.6 is 11.6 Å². The maximum atomic E-state index is 10.6. The van der Waals surface area contributed by atoms with Crippen molar-refractivity contribution in [2.45, 2.75) is 26.7 Å². The SMILES string of the molecule is CC1CC(C)CN(CCC(=O)Cl)C1. The van der Waals surface area contributed by atoms with Gasteiger partial charge >= 0.3 is 0 Å². The Balaban J connectivity index is 2.28. The summed E-state index contributed by atoms with van der Waals surface area (Å²) in [4.78, 5) is 12.9. The van der Waals surface area contributed by atoms with Crippen molar-refractivity contribution in [1.29, 1.82) is 0 Å². The first-order valence-corrected chi connectivity index (χ1v) is 5.36. The quantitative estimate of drug-likeness (QED) is 0.655. The first kappa shape index (κ1) is 11.0. The normalized spacial score (nSPS) is 30.4. The van der Waals surface area contributed by atoms with Crippen LogP contribution in [0.1, 0.15) is 26.7 Å². The molecule has 1 aliphatic heterocycles. The number of likely N-dealkylation sites (tertiary alicyclic amines) is 1. The molecule has 3 heteroatoms. The van der Waals surface area contributed by atoms with Gasteiger partial charge in [0.15, 0.2) is 0 Å². The summed E-state index contributed by atoms with van der Waals surface area (Å²) < 4.78 is 0. The first-order valence-electron chi connectivity index (χ1n) is 4.98. The smallest absolute Gasteiger partial charge is 0.222 e. The van der Waals surface area contributed by atoms with E-state index in [4.69, 9.17) is 11.6 Å². The fraction of sp³-hybridized carbons (Fsp3) is 0.900. The van der Waals surface area contributed by atoms with Crippen LogP contribution in [0, 0.1) is 11.8 Å². The third-order valence-electron chi connectivity index (χ3n) is 2.57. The van der Waals surface area contributed by atoms with Crippen LogP contribution < -0.4 is 0 Å². The summed E-state index contributed by atoms with van der Waals surface area (Å²) in [7, 11) is 0. The van der Waals surface area contributed by atoms with Gasteiger partial charge in [0, 0.05) is 26.1 Å². The molecule has 1 saturated heterocycles. The lowest BCUT2D eigenvalue weighted by atomic mass is 9.92. The maximum absolute atomic E-state index is 10.6. The highest BCUT2D eigenvalue weighted by atomic mass is 35.5. The second-order valence-corrected chi connectivity index (χ2v) is 4.73. The number of carbonyl (C=O) groups excluding carboxylic acids is 1. The second kappa shape index (κ2) is 4.97. The Morgan fingerprint density at radius 1 is 1.38 bits per heavy atom. The monoisotopic (exact) mass is 203 g/mol. The molecule has 0 amide bonds. The highest BCUT2D eigenvalue weighted by Gasteiger charge is 2.21. The first-order chi connectivity index (χ1) is 6.08. The van der Waals surface area contributed by atoms with Gasteiger partial charge in [0.05, 0.1) is 0 Å². The predicted octanol–water partition coefficient (Wildman–Crippen LogP) is 2.12. The van der Waals surface area contributed by atoms with Crippen molar-refractivity contribution in [2.24, 2.45) is 11.8 Å². The fourth-order valence-corrected chi connectivity index (χ4v) is 2.31. The minimum atomic E-state index is -0.217. The molecule has 2 atom stereocenters.